The van der Waals surface area contributed by atoms with E-state index in [1.54, 1.807) is 6.07 Å². The molecule has 0 radical (unpaired) electrons. The van der Waals surface area contributed by atoms with E-state index in [2.05, 4.69) is 15.0 Å². The third kappa shape index (κ3) is 3.86. The van der Waals surface area contributed by atoms with Gasteiger partial charge in [0, 0.05) is 24.2 Å². The molecule has 0 spiro atoms. The maximum absolute atomic E-state index is 13.0. The number of nitrogens with zero attached hydrogens (tertiary/aromatic N) is 3. The van der Waals surface area contributed by atoms with Crippen molar-refractivity contribution in [1.29, 1.82) is 0 Å². The van der Waals surface area contributed by atoms with E-state index in [-0.39, 0.29) is 38.7 Å². The maximum Gasteiger partial charge on any atom is 0.416 e. The first-order chi connectivity index (χ1) is 15.1. The van der Waals surface area contributed by atoms with Gasteiger partial charge in [0.15, 0.2) is 15.7 Å². The monoisotopic (exact) mass is 461 g/mol. The fourth-order valence-electron chi connectivity index (χ4n) is 3.08. The second-order valence-electron chi connectivity index (χ2n) is 6.73. The van der Waals surface area contributed by atoms with Crippen LogP contribution in [0.4, 0.5) is 13.2 Å². The van der Waals surface area contributed by atoms with E-state index in [4.69, 9.17) is 4.42 Å². The summed E-state index contributed by atoms with van der Waals surface area (Å²) in [5.74, 6) is -0.0291. The molecule has 0 saturated heterocycles. The largest absolute Gasteiger partial charge is 0.463 e. The number of rotatable bonds is 4. The van der Waals surface area contributed by atoms with Gasteiger partial charge in [0.25, 0.3) is 0 Å². The lowest BCUT2D eigenvalue weighted by atomic mass is 10.1. The van der Waals surface area contributed by atoms with Crippen molar-refractivity contribution in [2.45, 2.75) is 18.0 Å². The fraction of sp³-hybridized carbons (Fsp3) is 0.143. The first-order valence-electron chi connectivity index (χ1n) is 9.25. The molecule has 7 nitrogen and oxygen atoms in total. The molecule has 0 unspecified atom stereocenters. The average molecular weight is 461 g/mol. The van der Waals surface area contributed by atoms with E-state index in [0.29, 0.717) is 11.6 Å². The van der Waals surface area contributed by atoms with Crippen molar-refractivity contribution in [1.82, 2.24) is 15.0 Å². The summed E-state index contributed by atoms with van der Waals surface area (Å²) in [6.07, 6.45) is 0.593. The van der Waals surface area contributed by atoms with Crippen LogP contribution in [0.2, 0.25) is 0 Å². The third-order valence-corrected chi connectivity index (χ3v) is 6.49. The van der Waals surface area contributed by atoms with Crippen LogP contribution in [-0.4, -0.2) is 29.1 Å². The highest BCUT2D eigenvalue weighted by Gasteiger charge is 2.31. The molecule has 4 rings (SSSR count). The van der Waals surface area contributed by atoms with Gasteiger partial charge in [-0.05, 0) is 30.3 Å². The third-order valence-electron chi connectivity index (χ3n) is 4.75. The van der Waals surface area contributed by atoms with Gasteiger partial charge in [-0.3, -0.25) is 9.78 Å². The zero-order valence-corrected chi connectivity index (χ0v) is 17.2. The molecule has 11 heteroatoms. The van der Waals surface area contributed by atoms with Crippen LogP contribution in [0.15, 0.2) is 69.3 Å². The first kappa shape index (κ1) is 21.6. The van der Waals surface area contributed by atoms with Gasteiger partial charge in [0.2, 0.25) is 5.43 Å². The number of benzene rings is 1. The van der Waals surface area contributed by atoms with E-state index in [1.165, 1.54) is 31.6 Å². The zero-order chi connectivity index (χ0) is 23.1. The molecule has 0 aliphatic heterocycles. The van der Waals surface area contributed by atoms with Crippen LogP contribution in [0.1, 0.15) is 12.5 Å². The second-order valence-corrected chi connectivity index (χ2v) is 8.98. The minimum absolute atomic E-state index is 0.132. The van der Waals surface area contributed by atoms with Crippen LogP contribution in [0.25, 0.3) is 33.6 Å². The molecule has 0 atom stereocenters. The highest BCUT2D eigenvalue weighted by atomic mass is 32.2. The molecule has 0 fully saturated rings. The van der Waals surface area contributed by atoms with Gasteiger partial charge in [0.1, 0.15) is 11.8 Å². The smallest absolute Gasteiger partial charge is 0.416 e. The van der Waals surface area contributed by atoms with Crippen LogP contribution < -0.4 is 5.43 Å². The SMILES string of the molecule is CCS(=O)(=O)c1cc(-c2ncccn2)cnc1-c1coc2cc(C(F)(F)F)ccc2c1=O. The minimum atomic E-state index is -4.61. The molecule has 0 aliphatic carbocycles. The second kappa shape index (κ2) is 7.83. The van der Waals surface area contributed by atoms with Crippen molar-refractivity contribution in [2.75, 3.05) is 5.75 Å². The highest BCUT2D eigenvalue weighted by Crippen LogP contribution is 2.32. The fourth-order valence-corrected chi connectivity index (χ4v) is 4.15. The van der Waals surface area contributed by atoms with Crippen molar-refractivity contribution in [3.8, 4) is 22.6 Å². The Balaban J connectivity index is 1.94. The van der Waals surface area contributed by atoms with Crippen molar-refractivity contribution in [2.24, 2.45) is 0 Å². The Kier molecular flexibility index (Phi) is 5.29. The molecular weight excluding hydrogens is 447 g/mol. The predicted octanol–water partition coefficient (Wildman–Crippen LogP) is 4.12. The van der Waals surface area contributed by atoms with Crippen molar-refractivity contribution >= 4 is 20.8 Å². The number of alkyl halides is 3. The Labute approximate surface area is 179 Å². The summed E-state index contributed by atoms with van der Waals surface area (Å²) in [7, 11) is -3.85. The Morgan fingerprint density at radius 2 is 1.78 bits per heavy atom. The Bertz CT molecular complexity index is 1480. The first-order valence-corrected chi connectivity index (χ1v) is 10.9. The van der Waals surface area contributed by atoms with Gasteiger partial charge in [-0.2, -0.15) is 13.2 Å². The Hall–Kier alpha value is -3.60. The Morgan fingerprint density at radius 3 is 2.44 bits per heavy atom. The van der Waals surface area contributed by atoms with Crippen LogP contribution in [0.5, 0.6) is 0 Å². The molecule has 32 heavy (non-hydrogen) atoms. The number of hydrogen-bond donors (Lipinski definition) is 0. The summed E-state index contributed by atoms with van der Waals surface area (Å²) in [5, 5.41) is -0.132. The number of sulfone groups is 1. The van der Waals surface area contributed by atoms with Crippen LogP contribution in [0, 0.1) is 0 Å². The summed E-state index contributed by atoms with van der Waals surface area (Å²) in [5.41, 5.74) is -1.99. The number of pyridine rings is 1. The van der Waals surface area contributed by atoms with Crippen LogP contribution >= 0.6 is 0 Å². The summed E-state index contributed by atoms with van der Waals surface area (Å²) in [6, 6.07) is 5.38. The molecular formula is C21H14F3N3O4S. The molecule has 3 heterocycles. The van der Waals surface area contributed by atoms with Gasteiger partial charge >= 0.3 is 6.18 Å². The lowest BCUT2D eigenvalue weighted by Crippen LogP contribution is -2.13. The molecule has 3 aromatic heterocycles. The van der Waals surface area contributed by atoms with Gasteiger partial charge in [-0.1, -0.05) is 6.92 Å². The lowest BCUT2D eigenvalue weighted by molar-refractivity contribution is -0.137. The van der Waals surface area contributed by atoms with Crippen molar-refractivity contribution in [3.63, 3.8) is 0 Å². The van der Waals surface area contributed by atoms with Crippen LogP contribution in [0.3, 0.4) is 0 Å². The molecule has 0 saturated carbocycles. The normalized spacial score (nSPS) is 12.2. The topological polar surface area (TPSA) is 103 Å². The highest BCUT2D eigenvalue weighted by molar-refractivity contribution is 7.91. The summed E-state index contributed by atoms with van der Waals surface area (Å²) >= 11 is 0. The molecule has 0 aliphatic rings. The molecule has 0 bridgehead atoms. The van der Waals surface area contributed by atoms with E-state index < -0.39 is 27.0 Å². The quantitative estimate of drug-likeness (QED) is 0.450. The summed E-state index contributed by atoms with van der Waals surface area (Å²) in [4.78, 5) is 25.1. The number of fused-ring (bicyclic) bond motifs is 1. The maximum atomic E-state index is 13.0. The predicted molar refractivity (Wildman–Crippen MR) is 109 cm³/mol. The van der Waals surface area contributed by atoms with E-state index >= 15 is 0 Å². The molecule has 0 amide bonds. The van der Waals surface area contributed by atoms with Crippen LogP contribution in [-0.2, 0) is 16.0 Å². The lowest BCUT2D eigenvalue weighted by Gasteiger charge is -2.11. The van der Waals surface area contributed by atoms with Gasteiger partial charge < -0.3 is 4.42 Å². The number of hydrogen-bond acceptors (Lipinski definition) is 7. The number of aromatic nitrogens is 3. The van der Waals surface area contributed by atoms with E-state index in [9.17, 15) is 26.4 Å². The average Bonchev–Trinajstić information content (AvgIpc) is 2.79. The van der Waals surface area contributed by atoms with Crippen molar-refractivity contribution in [3.05, 3.63) is 71.0 Å². The van der Waals surface area contributed by atoms with Gasteiger partial charge in [0.05, 0.1) is 32.9 Å². The minimum Gasteiger partial charge on any atom is -0.463 e. The van der Waals surface area contributed by atoms with Crippen molar-refractivity contribution < 1.29 is 26.0 Å². The van der Waals surface area contributed by atoms with E-state index in [0.717, 1.165) is 18.4 Å². The molecule has 164 valence electrons. The molecule has 0 N–H and O–H groups in total. The van der Waals surface area contributed by atoms with Gasteiger partial charge in [-0.15, -0.1) is 0 Å². The summed E-state index contributed by atoms with van der Waals surface area (Å²) in [6.45, 7) is 1.44. The van der Waals surface area contributed by atoms with E-state index in [1.807, 2.05) is 0 Å². The molecule has 4 aromatic rings. The Morgan fingerprint density at radius 1 is 1.06 bits per heavy atom. The number of halogens is 3. The zero-order valence-electron chi connectivity index (χ0n) is 16.4. The standard InChI is InChI=1S/C21H14F3N3O4S/c1-2-32(29,30)17-8-12(20-25-6-3-7-26-20)10-27-18(17)15-11-31-16-9-13(21(22,23)24)4-5-14(16)19(15)28/h3-11H,2H2,1H3. The van der Waals surface area contributed by atoms with Gasteiger partial charge in [-0.25, -0.2) is 18.4 Å². The summed E-state index contributed by atoms with van der Waals surface area (Å²) < 4.78 is 69.7. The molecule has 1 aromatic carbocycles.